The van der Waals surface area contributed by atoms with Crippen molar-refractivity contribution in [3.63, 3.8) is 0 Å². The standard InChI is InChI=1S/C19H16FN3O4S/c20-14-6-3-4-12(8-14)11-27-15-7-2-1-5-13(15)10-21-23-19-22-18(26)16(28-19)9-17(24)25/h1-8,10,16H,9,11H2,(H,24,25)(H,22,23,26). The molecule has 2 aromatic carbocycles. The molecule has 0 bridgehead atoms. The van der Waals surface area contributed by atoms with E-state index in [1.54, 1.807) is 36.4 Å². The number of nitrogens with zero attached hydrogens (tertiary/aromatic N) is 2. The van der Waals surface area contributed by atoms with E-state index in [-0.39, 0.29) is 24.0 Å². The van der Waals surface area contributed by atoms with Crippen LogP contribution in [-0.2, 0) is 16.2 Å². The number of carboxylic acids is 1. The molecule has 1 fully saturated rings. The smallest absolute Gasteiger partial charge is 0.305 e. The molecule has 0 aromatic heterocycles. The van der Waals surface area contributed by atoms with Crippen LogP contribution < -0.4 is 10.1 Å². The maximum absolute atomic E-state index is 13.3. The molecule has 0 aliphatic carbocycles. The summed E-state index contributed by atoms with van der Waals surface area (Å²) in [5, 5.41) is 18.7. The maximum atomic E-state index is 13.3. The van der Waals surface area contributed by atoms with E-state index in [1.165, 1.54) is 18.3 Å². The van der Waals surface area contributed by atoms with Gasteiger partial charge in [0.25, 0.3) is 0 Å². The van der Waals surface area contributed by atoms with Crippen LogP contribution in [0.15, 0.2) is 58.7 Å². The van der Waals surface area contributed by atoms with E-state index in [9.17, 15) is 14.0 Å². The van der Waals surface area contributed by atoms with E-state index in [0.29, 0.717) is 16.9 Å². The Morgan fingerprint density at radius 1 is 1.29 bits per heavy atom. The van der Waals surface area contributed by atoms with Crippen molar-refractivity contribution in [2.24, 2.45) is 10.2 Å². The normalized spacial score (nSPS) is 17.8. The Morgan fingerprint density at radius 2 is 2.11 bits per heavy atom. The molecule has 144 valence electrons. The number of carbonyl (C=O) groups excluding carboxylic acids is 1. The minimum Gasteiger partial charge on any atom is -0.488 e. The molecule has 3 rings (SSSR count). The van der Waals surface area contributed by atoms with Crippen molar-refractivity contribution in [1.82, 2.24) is 5.32 Å². The second-order valence-electron chi connectivity index (χ2n) is 5.80. The Morgan fingerprint density at radius 3 is 2.89 bits per heavy atom. The molecule has 9 heteroatoms. The number of amidine groups is 1. The number of para-hydroxylation sites is 1. The number of carbonyl (C=O) groups is 2. The fraction of sp³-hybridized carbons (Fsp3) is 0.158. The van der Waals surface area contributed by atoms with E-state index >= 15 is 0 Å². The van der Waals surface area contributed by atoms with Gasteiger partial charge in [-0.05, 0) is 29.8 Å². The predicted octanol–water partition coefficient (Wildman–Crippen LogP) is 2.80. The van der Waals surface area contributed by atoms with Crippen molar-refractivity contribution < 1.29 is 23.8 Å². The Labute approximate surface area is 164 Å². The Bertz CT molecular complexity index is 948. The number of carboxylic acid groups (broad SMARTS) is 1. The van der Waals surface area contributed by atoms with Gasteiger partial charge in [0.05, 0.1) is 12.6 Å². The molecular weight excluding hydrogens is 385 g/mol. The van der Waals surface area contributed by atoms with Gasteiger partial charge in [-0.25, -0.2) is 4.39 Å². The largest absolute Gasteiger partial charge is 0.488 e. The lowest BCUT2D eigenvalue weighted by Gasteiger charge is -2.08. The van der Waals surface area contributed by atoms with Crippen molar-refractivity contribution in [1.29, 1.82) is 0 Å². The molecule has 0 spiro atoms. The number of benzene rings is 2. The highest BCUT2D eigenvalue weighted by Gasteiger charge is 2.32. The van der Waals surface area contributed by atoms with Gasteiger partial charge in [-0.15, -0.1) is 5.10 Å². The fourth-order valence-corrected chi connectivity index (χ4v) is 3.31. The van der Waals surface area contributed by atoms with E-state index in [2.05, 4.69) is 15.5 Å². The molecule has 1 saturated heterocycles. The van der Waals surface area contributed by atoms with Gasteiger partial charge < -0.3 is 15.2 Å². The third-order valence-corrected chi connectivity index (χ3v) is 4.76. The number of amides is 1. The van der Waals surface area contributed by atoms with Crippen molar-refractivity contribution in [2.75, 3.05) is 0 Å². The van der Waals surface area contributed by atoms with Crippen molar-refractivity contribution in [2.45, 2.75) is 18.3 Å². The van der Waals surface area contributed by atoms with Gasteiger partial charge in [-0.1, -0.05) is 36.0 Å². The number of halogens is 1. The third kappa shape index (κ3) is 5.40. The van der Waals surface area contributed by atoms with Gasteiger partial charge in [0, 0.05) is 5.56 Å². The number of hydrogen-bond acceptors (Lipinski definition) is 6. The first-order valence-corrected chi connectivity index (χ1v) is 9.16. The summed E-state index contributed by atoms with van der Waals surface area (Å²) >= 11 is 1.02. The molecule has 7 nitrogen and oxygen atoms in total. The number of nitrogens with one attached hydrogen (secondary N) is 1. The zero-order valence-corrected chi connectivity index (χ0v) is 15.4. The van der Waals surface area contributed by atoms with Gasteiger partial charge >= 0.3 is 5.97 Å². The van der Waals surface area contributed by atoms with E-state index in [4.69, 9.17) is 9.84 Å². The molecule has 2 N–H and O–H groups in total. The SMILES string of the molecule is O=C(O)CC1SC(=NN=Cc2ccccc2OCc2cccc(F)c2)NC1=O. The quantitative estimate of drug-likeness (QED) is 0.549. The lowest BCUT2D eigenvalue weighted by atomic mass is 10.2. The highest BCUT2D eigenvalue weighted by Crippen LogP contribution is 2.22. The fourth-order valence-electron chi connectivity index (χ4n) is 2.40. The second kappa shape index (κ2) is 9.14. The van der Waals surface area contributed by atoms with Crippen LogP contribution >= 0.6 is 11.8 Å². The molecule has 1 amide bonds. The third-order valence-electron chi connectivity index (χ3n) is 3.68. The minimum atomic E-state index is -1.05. The maximum Gasteiger partial charge on any atom is 0.305 e. The molecular formula is C19H16FN3O4S. The zero-order chi connectivity index (χ0) is 19.9. The van der Waals surface area contributed by atoms with Crippen molar-refractivity contribution in [3.8, 4) is 5.75 Å². The molecule has 1 atom stereocenters. The van der Waals surface area contributed by atoms with Crippen LogP contribution in [0.5, 0.6) is 5.75 Å². The molecule has 1 unspecified atom stereocenters. The molecule has 1 heterocycles. The van der Waals surface area contributed by atoms with Crippen LogP contribution in [-0.4, -0.2) is 33.6 Å². The van der Waals surface area contributed by atoms with Gasteiger partial charge in [0.1, 0.15) is 23.4 Å². The second-order valence-corrected chi connectivity index (χ2v) is 6.99. The van der Waals surface area contributed by atoms with Crippen LogP contribution in [0, 0.1) is 5.82 Å². The number of ether oxygens (including phenoxy) is 1. The van der Waals surface area contributed by atoms with Crippen LogP contribution in [0.1, 0.15) is 17.5 Å². The molecule has 0 radical (unpaired) electrons. The van der Waals surface area contributed by atoms with Gasteiger partial charge in [0.15, 0.2) is 5.17 Å². The van der Waals surface area contributed by atoms with Crippen molar-refractivity contribution in [3.05, 3.63) is 65.5 Å². The van der Waals surface area contributed by atoms with E-state index in [1.807, 2.05) is 0 Å². The molecule has 28 heavy (non-hydrogen) atoms. The topological polar surface area (TPSA) is 100 Å². The summed E-state index contributed by atoms with van der Waals surface area (Å²) in [6.07, 6.45) is 1.18. The number of hydrogen-bond donors (Lipinski definition) is 2. The predicted molar refractivity (Wildman–Crippen MR) is 104 cm³/mol. The molecule has 1 aliphatic heterocycles. The summed E-state index contributed by atoms with van der Waals surface area (Å²) in [7, 11) is 0. The van der Waals surface area contributed by atoms with E-state index in [0.717, 1.165) is 11.8 Å². The average Bonchev–Trinajstić information content (AvgIpc) is 2.99. The van der Waals surface area contributed by atoms with Gasteiger partial charge in [-0.3, -0.25) is 9.59 Å². The summed E-state index contributed by atoms with van der Waals surface area (Å²) in [5.41, 5.74) is 1.35. The highest BCUT2D eigenvalue weighted by atomic mass is 32.2. The molecule has 1 aliphatic rings. The first kappa shape index (κ1) is 19.6. The first-order valence-electron chi connectivity index (χ1n) is 8.28. The number of aliphatic carboxylic acids is 1. The van der Waals surface area contributed by atoms with Crippen LogP contribution in [0.3, 0.4) is 0 Å². The van der Waals surface area contributed by atoms with Gasteiger partial charge in [0.2, 0.25) is 5.91 Å². The average molecular weight is 401 g/mol. The van der Waals surface area contributed by atoms with Crippen LogP contribution in [0.25, 0.3) is 0 Å². The minimum absolute atomic E-state index is 0.194. The highest BCUT2D eigenvalue weighted by molar-refractivity contribution is 8.15. The first-order chi connectivity index (χ1) is 13.5. The van der Waals surface area contributed by atoms with E-state index < -0.39 is 17.1 Å². The lowest BCUT2D eigenvalue weighted by molar-refractivity contribution is -0.138. The summed E-state index contributed by atoms with van der Waals surface area (Å²) in [5.74, 6) is -1.24. The molecule has 0 saturated carbocycles. The monoisotopic (exact) mass is 401 g/mol. The van der Waals surface area contributed by atoms with Crippen molar-refractivity contribution >= 4 is 35.0 Å². The number of thioether (sulfide) groups is 1. The summed E-state index contributed by atoms with van der Waals surface area (Å²) in [4.78, 5) is 22.4. The van der Waals surface area contributed by atoms with Crippen LogP contribution in [0.4, 0.5) is 4.39 Å². The Hall–Kier alpha value is -3.20. The van der Waals surface area contributed by atoms with Crippen LogP contribution in [0.2, 0.25) is 0 Å². The summed E-state index contributed by atoms with van der Waals surface area (Å²) < 4.78 is 19.0. The van der Waals surface area contributed by atoms with Gasteiger partial charge in [-0.2, -0.15) is 5.10 Å². The zero-order valence-electron chi connectivity index (χ0n) is 14.5. The number of rotatable bonds is 7. The summed E-state index contributed by atoms with van der Waals surface area (Å²) in [6, 6.07) is 13.3. The summed E-state index contributed by atoms with van der Waals surface area (Å²) in [6.45, 7) is 0.194. The molecule has 2 aromatic rings. The Kier molecular flexibility index (Phi) is 6.38. The Balaban J connectivity index is 1.64. The lowest BCUT2D eigenvalue weighted by Crippen LogP contribution is -2.26.